The van der Waals surface area contributed by atoms with Gasteiger partial charge in [-0.1, -0.05) is 12.1 Å². The van der Waals surface area contributed by atoms with Crippen molar-refractivity contribution in [2.24, 2.45) is 0 Å². The van der Waals surface area contributed by atoms with Gasteiger partial charge in [0, 0.05) is 9.75 Å². The third kappa shape index (κ3) is 3.41. The van der Waals surface area contributed by atoms with E-state index in [4.69, 9.17) is 9.47 Å². The van der Waals surface area contributed by atoms with Gasteiger partial charge in [-0.05, 0) is 29.8 Å². The van der Waals surface area contributed by atoms with Crippen LogP contribution in [0.4, 0.5) is 0 Å². The Labute approximate surface area is 114 Å². The lowest BCUT2D eigenvalue weighted by Gasteiger charge is -2.14. The molecule has 0 fully saturated rings. The van der Waals surface area contributed by atoms with Gasteiger partial charge >= 0.3 is 5.97 Å². The molecular formula is C13H14O3S2. The molecule has 0 saturated carbocycles. The van der Waals surface area contributed by atoms with Crippen molar-refractivity contribution < 1.29 is 14.3 Å². The number of rotatable bonds is 6. The molecule has 2 aromatic rings. The zero-order valence-corrected chi connectivity index (χ0v) is 11.6. The van der Waals surface area contributed by atoms with E-state index in [9.17, 15) is 4.79 Å². The van der Waals surface area contributed by atoms with Crippen LogP contribution < -0.4 is 0 Å². The Hall–Kier alpha value is -1.17. The average molecular weight is 282 g/mol. The van der Waals surface area contributed by atoms with E-state index in [1.165, 1.54) is 0 Å². The summed E-state index contributed by atoms with van der Waals surface area (Å²) in [5.74, 6) is -0.324. The Balaban J connectivity index is 2.05. The third-order valence-corrected chi connectivity index (χ3v) is 4.11. The number of hydrogen-bond acceptors (Lipinski definition) is 5. The number of thiophene rings is 2. The summed E-state index contributed by atoms with van der Waals surface area (Å²) < 4.78 is 10.6. The van der Waals surface area contributed by atoms with Gasteiger partial charge in [0.25, 0.3) is 0 Å². The fourth-order valence-electron chi connectivity index (χ4n) is 1.54. The van der Waals surface area contributed by atoms with Crippen LogP contribution in [0.3, 0.4) is 0 Å². The SMILES string of the molecule is CCOC(=O)COC(c1cccs1)c1cccs1. The number of ether oxygens (including phenoxy) is 2. The minimum absolute atomic E-state index is 0.0195. The normalized spacial score (nSPS) is 10.8. The maximum atomic E-state index is 11.3. The van der Waals surface area contributed by atoms with Crippen LogP contribution in [0.1, 0.15) is 22.8 Å². The molecule has 0 spiro atoms. The summed E-state index contributed by atoms with van der Waals surface area (Å²) in [5, 5.41) is 4.01. The van der Waals surface area contributed by atoms with Crippen molar-refractivity contribution in [1.29, 1.82) is 0 Å². The van der Waals surface area contributed by atoms with Gasteiger partial charge in [-0.2, -0.15) is 0 Å². The van der Waals surface area contributed by atoms with E-state index in [2.05, 4.69) is 0 Å². The highest BCUT2D eigenvalue weighted by atomic mass is 32.1. The second kappa shape index (κ2) is 6.68. The van der Waals surface area contributed by atoms with Gasteiger partial charge in [0.15, 0.2) is 0 Å². The van der Waals surface area contributed by atoms with Crippen molar-refractivity contribution in [3.05, 3.63) is 44.8 Å². The lowest BCUT2D eigenvalue weighted by atomic mass is 10.2. The van der Waals surface area contributed by atoms with Gasteiger partial charge in [0.1, 0.15) is 12.7 Å². The summed E-state index contributed by atoms with van der Waals surface area (Å²) in [5.41, 5.74) is 0. The van der Waals surface area contributed by atoms with Crippen molar-refractivity contribution in [3.8, 4) is 0 Å². The molecule has 0 bridgehead atoms. The highest BCUT2D eigenvalue weighted by molar-refractivity contribution is 7.11. The molecule has 2 heterocycles. The number of carbonyl (C=O) groups excluding carboxylic acids is 1. The first-order chi connectivity index (χ1) is 8.81. The lowest BCUT2D eigenvalue weighted by Crippen LogP contribution is -2.15. The summed E-state index contributed by atoms with van der Waals surface area (Å²) in [4.78, 5) is 13.5. The zero-order chi connectivity index (χ0) is 12.8. The van der Waals surface area contributed by atoms with E-state index >= 15 is 0 Å². The van der Waals surface area contributed by atoms with Crippen molar-refractivity contribution >= 4 is 28.6 Å². The zero-order valence-electron chi connectivity index (χ0n) is 10.00. The molecule has 0 N–H and O–H groups in total. The maximum absolute atomic E-state index is 11.3. The number of carbonyl (C=O) groups is 1. The first kappa shape index (κ1) is 13.3. The molecule has 0 atom stereocenters. The lowest BCUT2D eigenvalue weighted by molar-refractivity contribution is -0.149. The number of esters is 1. The molecule has 0 aliphatic rings. The van der Waals surface area contributed by atoms with E-state index in [1.54, 1.807) is 29.6 Å². The minimum Gasteiger partial charge on any atom is -0.464 e. The molecule has 0 unspecified atom stereocenters. The maximum Gasteiger partial charge on any atom is 0.332 e. The van der Waals surface area contributed by atoms with Crippen molar-refractivity contribution in [3.63, 3.8) is 0 Å². The number of hydrogen-bond donors (Lipinski definition) is 0. The van der Waals surface area contributed by atoms with Crippen LogP contribution in [-0.4, -0.2) is 19.2 Å². The van der Waals surface area contributed by atoms with Crippen LogP contribution >= 0.6 is 22.7 Å². The smallest absolute Gasteiger partial charge is 0.332 e. The van der Waals surface area contributed by atoms with Crippen LogP contribution in [0.2, 0.25) is 0 Å². The summed E-state index contributed by atoms with van der Waals surface area (Å²) in [7, 11) is 0. The van der Waals surface area contributed by atoms with Gasteiger partial charge in [-0.3, -0.25) is 0 Å². The molecule has 2 rings (SSSR count). The molecule has 3 nitrogen and oxygen atoms in total. The average Bonchev–Trinajstić information content (AvgIpc) is 3.02. The predicted octanol–water partition coefficient (Wildman–Crippen LogP) is 3.48. The van der Waals surface area contributed by atoms with E-state index in [0.29, 0.717) is 6.61 Å². The molecule has 5 heteroatoms. The van der Waals surface area contributed by atoms with Gasteiger partial charge < -0.3 is 9.47 Å². The third-order valence-electron chi connectivity index (χ3n) is 2.28. The van der Waals surface area contributed by atoms with E-state index in [1.807, 2.05) is 35.0 Å². The van der Waals surface area contributed by atoms with E-state index < -0.39 is 0 Å². The minimum atomic E-state index is -0.324. The quantitative estimate of drug-likeness (QED) is 0.761. The Morgan fingerprint density at radius 2 is 1.83 bits per heavy atom. The first-order valence-electron chi connectivity index (χ1n) is 5.65. The largest absolute Gasteiger partial charge is 0.464 e. The standard InChI is InChI=1S/C13H14O3S2/c1-2-15-12(14)9-16-13(10-5-3-7-17-10)11-6-4-8-18-11/h3-8,13H,2,9H2,1H3. The Kier molecular flexibility index (Phi) is 4.92. The molecule has 0 aliphatic carbocycles. The van der Waals surface area contributed by atoms with Crippen LogP contribution in [0, 0.1) is 0 Å². The van der Waals surface area contributed by atoms with E-state index in [-0.39, 0.29) is 18.7 Å². The highest BCUT2D eigenvalue weighted by Crippen LogP contribution is 2.32. The van der Waals surface area contributed by atoms with Crippen LogP contribution in [0.15, 0.2) is 35.0 Å². The Morgan fingerprint density at radius 3 is 2.28 bits per heavy atom. The topological polar surface area (TPSA) is 35.5 Å². The summed E-state index contributed by atoms with van der Waals surface area (Å²) >= 11 is 3.25. The summed E-state index contributed by atoms with van der Waals surface area (Å²) in [6.45, 7) is 2.15. The first-order valence-corrected chi connectivity index (χ1v) is 7.41. The molecule has 18 heavy (non-hydrogen) atoms. The van der Waals surface area contributed by atoms with Gasteiger partial charge in [-0.25, -0.2) is 4.79 Å². The fourth-order valence-corrected chi connectivity index (χ4v) is 3.19. The van der Waals surface area contributed by atoms with Gasteiger partial charge in [-0.15, -0.1) is 22.7 Å². The van der Waals surface area contributed by atoms with Gasteiger partial charge in [0.2, 0.25) is 0 Å². The molecule has 0 radical (unpaired) electrons. The summed E-state index contributed by atoms with van der Waals surface area (Å²) in [6, 6.07) is 7.99. The molecule has 2 aromatic heterocycles. The molecule has 0 aromatic carbocycles. The highest BCUT2D eigenvalue weighted by Gasteiger charge is 2.18. The van der Waals surface area contributed by atoms with Crippen LogP contribution in [-0.2, 0) is 14.3 Å². The van der Waals surface area contributed by atoms with Gasteiger partial charge in [0.05, 0.1) is 6.61 Å². The summed E-state index contributed by atoms with van der Waals surface area (Å²) in [6.07, 6.45) is -0.172. The monoisotopic (exact) mass is 282 g/mol. The predicted molar refractivity (Wildman–Crippen MR) is 73.1 cm³/mol. The van der Waals surface area contributed by atoms with Crippen molar-refractivity contribution in [2.75, 3.05) is 13.2 Å². The molecular weight excluding hydrogens is 268 g/mol. The van der Waals surface area contributed by atoms with E-state index in [0.717, 1.165) is 9.75 Å². The second-order valence-electron chi connectivity index (χ2n) is 3.53. The Morgan fingerprint density at radius 1 is 1.22 bits per heavy atom. The molecule has 0 amide bonds. The van der Waals surface area contributed by atoms with Crippen LogP contribution in [0.5, 0.6) is 0 Å². The molecule has 96 valence electrons. The van der Waals surface area contributed by atoms with Crippen LogP contribution in [0.25, 0.3) is 0 Å². The van der Waals surface area contributed by atoms with Crippen molar-refractivity contribution in [1.82, 2.24) is 0 Å². The molecule has 0 aliphatic heterocycles. The van der Waals surface area contributed by atoms with Crippen molar-refractivity contribution in [2.45, 2.75) is 13.0 Å². The second-order valence-corrected chi connectivity index (χ2v) is 5.49. The molecule has 0 saturated heterocycles. The fraction of sp³-hybridized carbons (Fsp3) is 0.308. The Bertz CT molecular complexity index is 428.